The van der Waals surface area contributed by atoms with Crippen LogP contribution < -0.4 is 14.7 Å². The van der Waals surface area contributed by atoms with Crippen molar-refractivity contribution >= 4 is 94.7 Å². The van der Waals surface area contributed by atoms with Gasteiger partial charge in [-0.1, -0.05) is 176 Å². The molecule has 0 bridgehead atoms. The molecule has 4 heteroatoms. The van der Waals surface area contributed by atoms with Crippen LogP contribution in [-0.4, -0.2) is 0 Å². The fourth-order valence-corrected chi connectivity index (χ4v) is 10.5. The Morgan fingerprint density at radius 3 is 1.31 bits per heavy atom. The molecule has 0 amide bonds. The Labute approximate surface area is 419 Å². The Kier molecular flexibility index (Phi) is 10.8. The third kappa shape index (κ3) is 7.78. The molecule has 1 heterocycles. The lowest BCUT2D eigenvalue weighted by Crippen LogP contribution is -2.15. The first kappa shape index (κ1) is 42.5. The number of nitrogens with zero attached hydrogens (tertiary/aromatic N) is 3. The quantitative estimate of drug-likeness (QED) is 0.121. The molecule has 13 rings (SSSR count). The average molecular weight is 922 g/mol. The normalized spacial score (nSPS) is 11.3. The number of anilines is 9. The van der Waals surface area contributed by atoms with Gasteiger partial charge in [-0.25, -0.2) is 0 Å². The Balaban J connectivity index is 1.02. The van der Waals surface area contributed by atoms with E-state index in [1.165, 1.54) is 27.3 Å². The number of furan rings is 1. The van der Waals surface area contributed by atoms with Crippen molar-refractivity contribution in [3.05, 3.63) is 285 Å². The van der Waals surface area contributed by atoms with Crippen LogP contribution in [0.1, 0.15) is 0 Å². The van der Waals surface area contributed by atoms with Gasteiger partial charge in [0, 0.05) is 61.8 Å². The van der Waals surface area contributed by atoms with E-state index in [2.05, 4.69) is 294 Å². The summed E-state index contributed by atoms with van der Waals surface area (Å²) in [5, 5.41) is 6.89. The SMILES string of the molecule is c1ccc(-c2ccccc2-c2ccccc2N(c2cccc(N(c3ccccc3)c3cccc(N(c4ccccc4)c4ccccc4)c3)c2)c2ccc3ccc4cc5oc6ccccc6c5cc4c3c2)cc1. The summed E-state index contributed by atoms with van der Waals surface area (Å²) >= 11 is 0. The highest BCUT2D eigenvalue weighted by atomic mass is 16.3. The highest BCUT2D eigenvalue weighted by Gasteiger charge is 2.23. The van der Waals surface area contributed by atoms with Crippen LogP contribution in [0, 0.1) is 0 Å². The first-order chi connectivity index (χ1) is 35.7. The zero-order chi connectivity index (χ0) is 47.8. The smallest absolute Gasteiger partial charge is 0.136 e. The summed E-state index contributed by atoms with van der Waals surface area (Å²) < 4.78 is 6.39. The summed E-state index contributed by atoms with van der Waals surface area (Å²) in [5.74, 6) is 0. The van der Waals surface area contributed by atoms with Crippen molar-refractivity contribution in [2.45, 2.75) is 0 Å². The Bertz CT molecular complexity index is 4020. The van der Waals surface area contributed by atoms with Crippen LogP contribution in [0.3, 0.4) is 0 Å². The first-order valence-electron chi connectivity index (χ1n) is 24.5. The molecule has 0 unspecified atom stereocenters. The van der Waals surface area contributed by atoms with Crippen LogP contribution >= 0.6 is 0 Å². The molecule has 13 aromatic rings. The number of rotatable bonds is 11. The predicted molar refractivity (Wildman–Crippen MR) is 304 cm³/mol. The minimum atomic E-state index is 0.894. The molecular weight excluding hydrogens is 875 g/mol. The summed E-state index contributed by atoms with van der Waals surface area (Å²) in [6, 6.07) is 102. The van der Waals surface area contributed by atoms with E-state index in [0.29, 0.717) is 0 Å². The van der Waals surface area contributed by atoms with Gasteiger partial charge in [-0.15, -0.1) is 0 Å². The minimum Gasteiger partial charge on any atom is -0.456 e. The van der Waals surface area contributed by atoms with E-state index in [-0.39, 0.29) is 0 Å². The predicted octanol–water partition coefficient (Wildman–Crippen LogP) is 19.6. The number of hydrogen-bond acceptors (Lipinski definition) is 4. The summed E-state index contributed by atoms with van der Waals surface area (Å²) in [4.78, 5) is 7.12. The van der Waals surface area contributed by atoms with Gasteiger partial charge in [0.05, 0.1) is 5.69 Å². The molecule has 0 aliphatic rings. The zero-order valence-electron chi connectivity index (χ0n) is 39.4. The van der Waals surface area contributed by atoms with Crippen LogP contribution in [0.2, 0.25) is 0 Å². The van der Waals surface area contributed by atoms with Crippen molar-refractivity contribution in [2.75, 3.05) is 14.7 Å². The number of fused-ring (bicyclic) bond motifs is 6. The van der Waals surface area contributed by atoms with E-state index >= 15 is 0 Å². The van der Waals surface area contributed by atoms with Crippen molar-refractivity contribution in [1.29, 1.82) is 0 Å². The van der Waals surface area contributed by atoms with Crippen LogP contribution in [0.25, 0.3) is 65.7 Å². The highest BCUT2D eigenvalue weighted by molar-refractivity contribution is 6.17. The second-order valence-electron chi connectivity index (χ2n) is 18.1. The largest absolute Gasteiger partial charge is 0.456 e. The monoisotopic (exact) mass is 921 g/mol. The molecule has 4 nitrogen and oxygen atoms in total. The van der Waals surface area contributed by atoms with Crippen molar-refractivity contribution in [1.82, 2.24) is 0 Å². The lowest BCUT2D eigenvalue weighted by molar-refractivity contribution is 0.669. The van der Waals surface area contributed by atoms with Gasteiger partial charge in [-0.3, -0.25) is 0 Å². The topological polar surface area (TPSA) is 22.9 Å². The van der Waals surface area contributed by atoms with Crippen molar-refractivity contribution in [2.24, 2.45) is 0 Å². The number of hydrogen-bond donors (Lipinski definition) is 0. The summed E-state index contributed by atoms with van der Waals surface area (Å²) in [5.41, 5.74) is 15.9. The fraction of sp³-hybridized carbons (Fsp3) is 0. The molecule has 0 atom stereocenters. The first-order valence-corrected chi connectivity index (χ1v) is 24.5. The molecule has 1 aromatic heterocycles. The van der Waals surface area contributed by atoms with Gasteiger partial charge in [0.25, 0.3) is 0 Å². The van der Waals surface area contributed by atoms with Crippen molar-refractivity contribution in [3.8, 4) is 22.3 Å². The summed E-state index contributed by atoms with van der Waals surface area (Å²) in [6.07, 6.45) is 0. The van der Waals surface area contributed by atoms with E-state index in [4.69, 9.17) is 4.42 Å². The van der Waals surface area contributed by atoms with E-state index in [1.54, 1.807) is 0 Å². The Morgan fingerprint density at radius 2 is 0.667 bits per heavy atom. The molecule has 0 aliphatic carbocycles. The summed E-state index contributed by atoms with van der Waals surface area (Å²) in [6.45, 7) is 0. The second kappa shape index (κ2) is 18.4. The second-order valence-corrected chi connectivity index (χ2v) is 18.1. The fourth-order valence-electron chi connectivity index (χ4n) is 10.5. The van der Waals surface area contributed by atoms with E-state index in [9.17, 15) is 0 Å². The summed E-state index contributed by atoms with van der Waals surface area (Å²) in [7, 11) is 0. The third-order valence-corrected chi connectivity index (χ3v) is 13.8. The molecule has 12 aromatic carbocycles. The molecular formula is C68H47N3O. The van der Waals surface area contributed by atoms with Crippen LogP contribution in [-0.2, 0) is 0 Å². The molecule has 0 N–H and O–H groups in total. The Morgan fingerprint density at radius 1 is 0.222 bits per heavy atom. The molecule has 0 radical (unpaired) electrons. The highest BCUT2D eigenvalue weighted by Crippen LogP contribution is 2.47. The lowest BCUT2D eigenvalue weighted by atomic mass is 9.93. The van der Waals surface area contributed by atoms with E-state index < -0.39 is 0 Å². The van der Waals surface area contributed by atoms with Crippen molar-refractivity contribution in [3.63, 3.8) is 0 Å². The van der Waals surface area contributed by atoms with Crippen molar-refractivity contribution < 1.29 is 4.42 Å². The van der Waals surface area contributed by atoms with Crippen LogP contribution in [0.5, 0.6) is 0 Å². The number of para-hydroxylation sites is 5. The van der Waals surface area contributed by atoms with Crippen LogP contribution in [0.15, 0.2) is 290 Å². The molecule has 0 aliphatic heterocycles. The molecule has 72 heavy (non-hydrogen) atoms. The molecule has 0 saturated carbocycles. The zero-order valence-corrected chi connectivity index (χ0v) is 39.4. The lowest BCUT2D eigenvalue weighted by Gasteiger charge is -2.32. The molecule has 0 saturated heterocycles. The van der Waals surface area contributed by atoms with Gasteiger partial charge in [0.15, 0.2) is 0 Å². The minimum absolute atomic E-state index is 0.894. The average Bonchev–Trinajstić information content (AvgIpc) is 3.82. The molecule has 0 spiro atoms. The van der Waals surface area contributed by atoms with Gasteiger partial charge in [0.1, 0.15) is 11.2 Å². The maximum Gasteiger partial charge on any atom is 0.136 e. The van der Waals surface area contributed by atoms with Gasteiger partial charge >= 0.3 is 0 Å². The van der Waals surface area contributed by atoms with Gasteiger partial charge in [-0.05, 0) is 147 Å². The Hall–Kier alpha value is -9.64. The van der Waals surface area contributed by atoms with E-state index in [0.717, 1.165) is 89.6 Å². The third-order valence-electron chi connectivity index (χ3n) is 13.8. The standard InChI is InChI=1S/C68H47N3O/c1-5-21-48(22-6-1)59-33-13-14-34-60(59)61-35-15-17-37-66(61)71(58-42-41-49-39-40-50-43-68-65(47-64(50)63(49)46-58)62-36-16-18-38-67(62)72-68)57-32-20-31-56(45-57)70(53-27-11-4-12-28-53)55-30-19-29-54(44-55)69(51-23-7-2-8-24-51)52-25-9-3-10-26-52/h1-47H. The van der Waals surface area contributed by atoms with Gasteiger partial charge < -0.3 is 19.1 Å². The van der Waals surface area contributed by atoms with E-state index in [1.807, 2.05) is 6.07 Å². The van der Waals surface area contributed by atoms with Gasteiger partial charge in [0.2, 0.25) is 0 Å². The van der Waals surface area contributed by atoms with Crippen LogP contribution in [0.4, 0.5) is 51.2 Å². The number of benzene rings is 12. The van der Waals surface area contributed by atoms with Gasteiger partial charge in [-0.2, -0.15) is 0 Å². The maximum absolute atomic E-state index is 6.39. The molecule has 0 fully saturated rings. The molecule has 340 valence electrons. The maximum atomic E-state index is 6.39.